The number of nitrogens with zero attached hydrogens (tertiary/aromatic N) is 2. The van der Waals surface area contributed by atoms with Crippen molar-refractivity contribution in [3.8, 4) is 11.6 Å². The van der Waals surface area contributed by atoms with Crippen LogP contribution in [0.15, 0.2) is 29.4 Å². The number of hydrogen-bond acceptors (Lipinski definition) is 5. The molecule has 0 bridgehead atoms. The molecular weight excluding hydrogens is 317 g/mol. The fraction of sp³-hybridized carbons (Fsp3) is 0.231. The van der Waals surface area contributed by atoms with Crippen molar-refractivity contribution in [2.45, 2.75) is 12.1 Å². The fourth-order valence-corrected chi connectivity index (χ4v) is 2.31. The summed E-state index contributed by atoms with van der Waals surface area (Å²) >= 11 is 13.4. The number of ether oxygens (including phenoxy) is 1. The van der Waals surface area contributed by atoms with Gasteiger partial charge in [-0.3, -0.25) is 0 Å². The number of aromatic nitrogens is 2. The Bertz CT molecular complexity index is 610. The fourth-order valence-electron chi connectivity index (χ4n) is 1.49. The van der Waals surface area contributed by atoms with Crippen LogP contribution in [0.4, 0.5) is 5.82 Å². The third-order valence-corrected chi connectivity index (χ3v) is 3.41. The van der Waals surface area contributed by atoms with E-state index in [-0.39, 0.29) is 0 Å². The molecule has 0 fully saturated rings. The topological polar surface area (TPSA) is 47.0 Å². The van der Waals surface area contributed by atoms with E-state index in [1.165, 1.54) is 11.8 Å². The Hall–Kier alpha value is -1.17. The molecule has 1 N–H and O–H groups in total. The highest BCUT2D eigenvalue weighted by atomic mass is 35.5. The molecule has 1 aromatic carbocycles. The van der Waals surface area contributed by atoms with Crippen LogP contribution < -0.4 is 10.1 Å². The van der Waals surface area contributed by atoms with E-state index in [1.54, 1.807) is 24.3 Å². The van der Waals surface area contributed by atoms with Crippen molar-refractivity contribution in [3.63, 3.8) is 0 Å². The van der Waals surface area contributed by atoms with Gasteiger partial charge in [0.05, 0.1) is 5.02 Å². The minimum atomic E-state index is 0.435. The van der Waals surface area contributed by atoms with Gasteiger partial charge in [0, 0.05) is 17.6 Å². The smallest absolute Gasteiger partial charge is 0.225 e. The first-order valence-corrected chi connectivity index (χ1v) is 7.90. The highest BCUT2D eigenvalue weighted by Crippen LogP contribution is 2.32. The molecule has 0 unspecified atom stereocenters. The Labute approximate surface area is 131 Å². The number of rotatable bonds is 5. The van der Waals surface area contributed by atoms with Crippen molar-refractivity contribution in [3.05, 3.63) is 34.3 Å². The van der Waals surface area contributed by atoms with Crippen molar-refractivity contribution in [1.82, 2.24) is 9.97 Å². The Morgan fingerprint density at radius 1 is 1.25 bits per heavy atom. The summed E-state index contributed by atoms with van der Waals surface area (Å²) in [4.78, 5) is 8.62. The molecule has 0 aliphatic rings. The number of hydrogen-bond donors (Lipinski definition) is 1. The predicted molar refractivity (Wildman–Crippen MR) is 84.5 cm³/mol. The van der Waals surface area contributed by atoms with Crippen molar-refractivity contribution in [2.24, 2.45) is 0 Å². The first kappa shape index (κ1) is 15.2. The Morgan fingerprint density at radius 3 is 2.70 bits per heavy atom. The lowest BCUT2D eigenvalue weighted by atomic mass is 10.3. The van der Waals surface area contributed by atoms with Crippen molar-refractivity contribution >= 4 is 40.8 Å². The van der Waals surface area contributed by atoms with Crippen LogP contribution in [0.2, 0.25) is 10.0 Å². The average molecular weight is 330 g/mol. The van der Waals surface area contributed by atoms with Crippen molar-refractivity contribution < 1.29 is 4.74 Å². The van der Waals surface area contributed by atoms with Gasteiger partial charge in [-0.1, -0.05) is 35.0 Å². The van der Waals surface area contributed by atoms with Crippen molar-refractivity contribution in [1.29, 1.82) is 0 Å². The van der Waals surface area contributed by atoms with Gasteiger partial charge in [-0.2, -0.15) is 4.98 Å². The molecule has 106 valence electrons. The molecule has 0 aliphatic carbocycles. The van der Waals surface area contributed by atoms with E-state index in [2.05, 4.69) is 15.3 Å². The van der Waals surface area contributed by atoms with Gasteiger partial charge in [0.25, 0.3) is 0 Å². The largest absolute Gasteiger partial charge is 0.437 e. The summed E-state index contributed by atoms with van der Waals surface area (Å²) in [7, 11) is 0. The van der Waals surface area contributed by atoms with Crippen LogP contribution in [0.5, 0.6) is 11.6 Å². The van der Waals surface area contributed by atoms with Crippen LogP contribution in [-0.2, 0) is 0 Å². The molecule has 0 atom stereocenters. The van der Waals surface area contributed by atoms with Gasteiger partial charge in [0.15, 0.2) is 5.16 Å². The lowest BCUT2D eigenvalue weighted by Gasteiger charge is -2.10. The van der Waals surface area contributed by atoms with Crippen LogP contribution in [-0.4, -0.2) is 22.8 Å². The molecule has 2 aromatic rings. The Kier molecular flexibility index (Phi) is 5.34. The zero-order valence-electron chi connectivity index (χ0n) is 11.0. The Balaban J connectivity index is 2.29. The van der Waals surface area contributed by atoms with Crippen LogP contribution in [0.25, 0.3) is 0 Å². The lowest BCUT2D eigenvalue weighted by molar-refractivity contribution is 0.456. The second-order valence-electron chi connectivity index (χ2n) is 3.79. The van der Waals surface area contributed by atoms with E-state index in [0.29, 0.717) is 32.6 Å². The zero-order chi connectivity index (χ0) is 14.5. The maximum Gasteiger partial charge on any atom is 0.225 e. The number of anilines is 1. The van der Waals surface area contributed by atoms with Crippen LogP contribution in [0.1, 0.15) is 6.92 Å². The molecule has 1 aromatic heterocycles. The van der Waals surface area contributed by atoms with Gasteiger partial charge in [-0.25, -0.2) is 4.98 Å². The normalized spacial score (nSPS) is 10.4. The second-order valence-corrected chi connectivity index (χ2v) is 5.40. The summed E-state index contributed by atoms with van der Waals surface area (Å²) in [5, 5.41) is 4.76. The molecule has 7 heteroatoms. The van der Waals surface area contributed by atoms with Crippen LogP contribution >= 0.6 is 35.0 Å². The Morgan fingerprint density at radius 2 is 2.05 bits per heavy atom. The minimum absolute atomic E-state index is 0.435. The van der Waals surface area contributed by atoms with Crippen LogP contribution in [0.3, 0.4) is 0 Å². The van der Waals surface area contributed by atoms with E-state index < -0.39 is 0 Å². The van der Waals surface area contributed by atoms with E-state index >= 15 is 0 Å². The third kappa shape index (κ3) is 3.91. The molecule has 0 saturated carbocycles. The molecule has 20 heavy (non-hydrogen) atoms. The molecule has 1 heterocycles. The van der Waals surface area contributed by atoms with Gasteiger partial charge >= 0.3 is 0 Å². The highest BCUT2D eigenvalue weighted by Gasteiger charge is 2.08. The second kappa shape index (κ2) is 7.02. The number of benzene rings is 1. The van der Waals surface area contributed by atoms with E-state index in [0.717, 1.165) is 6.54 Å². The molecule has 4 nitrogen and oxygen atoms in total. The van der Waals surface area contributed by atoms with Crippen molar-refractivity contribution in [2.75, 3.05) is 18.1 Å². The summed E-state index contributed by atoms with van der Waals surface area (Å²) in [6.07, 6.45) is 1.91. The zero-order valence-corrected chi connectivity index (χ0v) is 13.3. The SMILES string of the molecule is CCNc1cc(Oc2ccc(Cl)cc2Cl)nc(SC)n1. The first-order chi connectivity index (χ1) is 9.62. The van der Waals surface area contributed by atoms with E-state index in [1.807, 2.05) is 13.2 Å². The van der Waals surface area contributed by atoms with Crippen LogP contribution in [0, 0.1) is 0 Å². The first-order valence-electron chi connectivity index (χ1n) is 5.92. The summed E-state index contributed by atoms with van der Waals surface area (Å²) in [5.74, 6) is 1.65. The summed E-state index contributed by atoms with van der Waals surface area (Å²) in [6, 6.07) is 6.78. The predicted octanol–water partition coefficient (Wildman–Crippen LogP) is 4.73. The average Bonchev–Trinajstić information content (AvgIpc) is 2.42. The monoisotopic (exact) mass is 329 g/mol. The quantitative estimate of drug-likeness (QED) is 0.634. The van der Waals surface area contributed by atoms with Gasteiger partial charge in [-0.05, 0) is 31.4 Å². The summed E-state index contributed by atoms with van der Waals surface area (Å²) < 4.78 is 5.70. The molecule has 0 aliphatic heterocycles. The maximum absolute atomic E-state index is 6.08. The number of halogens is 2. The minimum Gasteiger partial charge on any atom is -0.437 e. The van der Waals surface area contributed by atoms with E-state index in [9.17, 15) is 0 Å². The lowest BCUT2D eigenvalue weighted by Crippen LogP contribution is -2.02. The molecule has 0 radical (unpaired) electrons. The highest BCUT2D eigenvalue weighted by molar-refractivity contribution is 7.98. The molecule has 2 rings (SSSR count). The summed E-state index contributed by atoms with van der Waals surface area (Å²) in [6.45, 7) is 2.77. The van der Waals surface area contributed by atoms with Gasteiger partial charge in [0.2, 0.25) is 5.88 Å². The maximum atomic E-state index is 6.08. The standard InChI is InChI=1S/C13H13Cl2N3OS/c1-3-16-11-7-12(18-13(17-11)20-2)19-10-5-4-8(14)6-9(10)15/h4-7H,3H2,1-2H3,(H,16,17,18). The molecule has 0 amide bonds. The van der Waals surface area contributed by atoms with Gasteiger partial charge in [-0.15, -0.1) is 0 Å². The van der Waals surface area contributed by atoms with E-state index in [4.69, 9.17) is 27.9 Å². The third-order valence-electron chi connectivity index (χ3n) is 2.33. The molecule has 0 saturated heterocycles. The van der Waals surface area contributed by atoms with Gasteiger partial charge < -0.3 is 10.1 Å². The molecular formula is C13H13Cl2N3OS. The number of thioether (sulfide) groups is 1. The summed E-state index contributed by atoms with van der Waals surface area (Å²) in [5.41, 5.74) is 0. The number of nitrogens with one attached hydrogen (secondary N) is 1. The molecule has 0 spiro atoms. The van der Waals surface area contributed by atoms with Gasteiger partial charge in [0.1, 0.15) is 11.6 Å².